The molecule has 4 rings (SSSR count). The van der Waals surface area contributed by atoms with Crippen molar-refractivity contribution in [2.24, 2.45) is 0 Å². The molecule has 1 aliphatic heterocycles. The summed E-state index contributed by atoms with van der Waals surface area (Å²) in [5.41, 5.74) is -0.166. The number of aromatic nitrogens is 2. The van der Waals surface area contributed by atoms with E-state index in [1.165, 1.54) is 18.6 Å². The first kappa shape index (κ1) is 19.2. The van der Waals surface area contributed by atoms with Crippen LogP contribution in [0.15, 0.2) is 30.7 Å². The van der Waals surface area contributed by atoms with Crippen LogP contribution in [0.5, 0.6) is 5.75 Å². The summed E-state index contributed by atoms with van der Waals surface area (Å²) in [4.78, 5) is 22.4. The third-order valence-corrected chi connectivity index (χ3v) is 5.41. The molecule has 1 fully saturated rings. The predicted molar refractivity (Wildman–Crippen MR) is 94.7 cm³/mol. The van der Waals surface area contributed by atoms with Gasteiger partial charge in [0.1, 0.15) is 12.1 Å². The Kier molecular flexibility index (Phi) is 4.86. The van der Waals surface area contributed by atoms with E-state index in [0.717, 1.165) is 17.8 Å². The van der Waals surface area contributed by atoms with E-state index < -0.39 is 17.3 Å². The van der Waals surface area contributed by atoms with E-state index >= 15 is 0 Å². The van der Waals surface area contributed by atoms with Crippen LogP contribution in [-0.2, 0) is 12.7 Å². The number of nitriles is 1. The Balaban J connectivity index is 1.39. The van der Waals surface area contributed by atoms with Crippen molar-refractivity contribution in [3.8, 4) is 11.8 Å². The van der Waals surface area contributed by atoms with Gasteiger partial charge < -0.3 is 9.64 Å². The molecule has 0 bridgehead atoms. The van der Waals surface area contributed by atoms with Gasteiger partial charge in [0.25, 0.3) is 5.91 Å². The molecule has 2 aromatic rings. The lowest BCUT2D eigenvalue weighted by atomic mass is 9.92. The molecule has 9 heteroatoms. The number of ether oxygens (including phenoxy) is 1. The maximum atomic E-state index is 13.1. The zero-order chi connectivity index (χ0) is 20.6. The number of halogens is 3. The fourth-order valence-electron chi connectivity index (χ4n) is 3.94. The summed E-state index contributed by atoms with van der Waals surface area (Å²) in [6.45, 7) is 0.456. The van der Waals surface area contributed by atoms with Crippen molar-refractivity contribution in [3.63, 3.8) is 0 Å². The maximum Gasteiger partial charge on any atom is 0.417 e. The lowest BCUT2D eigenvalue weighted by Gasteiger charge is -2.34. The van der Waals surface area contributed by atoms with Crippen LogP contribution in [0.4, 0.5) is 13.2 Å². The number of benzene rings is 1. The molecular weight excluding hydrogens is 385 g/mol. The summed E-state index contributed by atoms with van der Waals surface area (Å²) in [5, 5.41) is 8.88. The van der Waals surface area contributed by atoms with E-state index in [4.69, 9.17) is 10.00 Å². The van der Waals surface area contributed by atoms with Crippen LogP contribution in [0.25, 0.3) is 0 Å². The van der Waals surface area contributed by atoms with Crippen molar-refractivity contribution < 1.29 is 22.7 Å². The second-order valence-corrected chi connectivity index (χ2v) is 7.18. The first-order valence-electron chi connectivity index (χ1n) is 9.24. The topological polar surface area (TPSA) is 79.1 Å². The normalized spacial score (nSPS) is 21.6. The number of carbonyl (C=O) groups is 1. The van der Waals surface area contributed by atoms with Crippen molar-refractivity contribution >= 4 is 5.91 Å². The molecule has 0 saturated heterocycles. The largest absolute Gasteiger partial charge is 0.490 e. The number of fused-ring (bicyclic) bond motifs is 1. The molecule has 1 amide bonds. The van der Waals surface area contributed by atoms with E-state index in [-0.39, 0.29) is 23.8 Å². The molecule has 1 aliphatic carbocycles. The Hall–Kier alpha value is -3.15. The highest BCUT2D eigenvalue weighted by atomic mass is 19.4. The minimum absolute atomic E-state index is 0.0447. The van der Waals surface area contributed by atoms with Crippen LogP contribution in [0.1, 0.15) is 52.9 Å². The van der Waals surface area contributed by atoms with Crippen molar-refractivity contribution in [2.75, 3.05) is 0 Å². The molecule has 1 aromatic carbocycles. The highest BCUT2D eigenvalue weighted by Gasteiger charge is 2.37. The number of alkyl halides is 3. The summed E-state index contributed by atoms with van der Waals surface area (Å²) >= 11 is 0. The Bertz CT molecular complexity index is 978. The molecule has 0 atom stereocenters. The minimum atomic E-state index is -4.61. The standard InChI is InChI=1S/C20H17F3N4O2/c21-20(22,23)17-7-15(4-1-12(17)8-24)29-14-5-2-13(3-6-14)27-10-18-16(19(27)28)9-25-11-26-18/h1,4,7,9,11,13-14H,2-3,5-6,10H2. The number of hydrogen-bond donors (Lipinski definition) is 0. The van der Waals surface area contributed by atoms with E-state index in [1.54, 1.807) is 11.0 Å². The molecule has 0 radical (unpaired) electrons. The molecule has 1 saturated carbocycles. The summed E-state index contributed by atoms with van der Waals surface area (Å²) in [7, 11) is 0. The second kappa shape index (κ2) is 7.35. The number of nitrogens with zero attached hydrogens (tertiary/aromatic N) is 4. The molecular formula is C20H17F3N4O2. The van der Waals surface area contributed by atoms with Gasteiger partial charge in [0, 0.05) is 12.2 Å². The first-order valence-corrected chi connectivity index (χ1v) is 9.24. The van der Waals surface area contributed by atoms with Gasteiger partial charge in [-0.05, 0) is 43.9 Å². The van der Waals surface area contributed by atoms with Crippen LogP contribution >= 0.6 is 0 Å². The van der Waals surface area contributed by atoms with Gasteiger partial charge in [-0.15, -0.1) is 0 Å². The van der Waals surface area contributed by atoms with Crippen molar-refractivity contribution in [2.45, 2.75) is 50.6 Å². The zero-order valence-electron chi connectivity index (χ0n) is 15.3. The molecule has 29 heavy (non-hydrogen) atoms. The molecule has 1 aromatic heterocycles. The average molecular weight is 402 g/mol. The fraction of sp³-hybridized carbons (Fsp3) is 0.400. The van der Waals surface area contributed by atoms with Crippen molar-refractivity contribution in [1.29, 1.82) is 5.26 Å². The van der Waals surface area contributed by atoms with Crippen molar-refractivity contribution in [3.05, 3.63) is 53.1 Å². The number of amides is 1. The van der Waals surface area contributed by atoms with E-state index in [2.05, 4.69) is 9.97 Å². The highest BCUT2D eigenvalue weighted by molar-refractivity contribution is 5.97. The lowest BCUT2D eigenvalue weighted by molar-refractivity contribution is -0.137. The molecule has 2 aliphatic rings. The maximum absolute atomic E-state index is 13.1. The Morgan fingerprint density at radius 3 is 2.62 bits per heavy atom. The molecule has 6 nitrogen and oxygen atoms in total. The third kappa shape index (κ3) is 3.75. The Labute approximate surface area is 164 Å². The van der Waals surface area contributed by atoms with Gasteiger partial charge in [0.05, 0.1) is 41.1 Å². The van der Waals surface area contributed by atoms with Crippen LogP contribution in [0.3, 0.4) is 0 Å². The van der Waals surface area contributed by atoms with Crippen molar-refractivity contribution in [1.82, 2.24) is 14.9 Å². The number of rotatable bonds is 3. The summed E-state index contributed by atoms with van der Waals surface area (Å²) in [6, 6.07) is 5.00. The van der Waals surface area contributed by atoms with E-state index in [9.17, 15) is 18.0 Å². The number of carbonyl (C=O) groups excluding carboxylic acids is 1. The fourth-order valence-corrected chi connectivity index (χ4v) is 3.94. The highest BCUT2D eigenvalue weighted by Crippen LogP contribution is 2.36. The monoisotopic (exact) mass is 402 g/mol. The smallest absolute Gasteiger partial charge is 0.417 e. The Morgan fingerprint density at radius 2 is 1.97 bits per heavy atom. The predicted octanol–water partition coefficient (Wildman–Crippen LogP) is 3.71. The van der Waals surface area contributed by atoms with E-state index in [1.807, 2.05) is 0 Å². The SMILES string of the molecule is N#Cc1ccc(OC2CCC(N3Cc4ncncc4C3=O)CC2)cc1C(F)(F)F. The van der Waals surface area contributed by atoms with Gasteiger partial charge in [-0.3, -0.25) is 4.79 Å². The summed E-state index contributed by atoms with van der Waals surface area (Å²) in [6.07, 6.45) is 0.738. The molecule has 0 N–H and O–H groups in total. The van der Waals surface area contributed by atoms with Gasteiger partial charge in [-0.2, -0.15) is 18.4 Å². The minimum Gasteiger partial charge on any atom is -0.490 e. The molecule has 0 spiro atoms. The third-order valence-electron chi connectivity index (χ3n) is 5.41. The first-order chi connectivity index (χ1) is 13.9. The summed E-state index contributed by atoms with van der Waals surface area (Å²) in [5.74, 6) is 0.0200. The Morgan fingerprint density at radius 1 is 1.21 bits per heavy atom. The van der Waals surface area contributed by atoms with Gasteiger partial charge in [-0.25, -0.2) is 9.97 Å². The van der Waals surface area contributed by atoms with Gasteiger partial charge in [0.2, 0.25) is 0 Å². The van der Waals surface area contributed by atoms with Gasteiger partial charge >= 0.3 is 6.18 Å². The molecule has 0 unspecified atom stereocenters. The second-order valence-electron chi connectivity index (χ2n) is 7.18. The molecule has 150 valence electrons. The van der Waals surface area contributed by atoms with Crippen LogP contribution in [0, 0.1) is 11.3 Å². The quantitative estimate of drug-likeness (QED) is 0.782. The average Bonchev–Trinajstić information content (AvgIpc) is 3.05. The van der Waals surface area contributed by atoms with Crippen LogP contribution in [-0.4, -0.2) is 32.9 Å². The molecule has 2 heterocycles. The van der Waals surface area contributed by atoms with Crippen LogP contribution in [0.2, 0.25) is 0 Å². The van der Waals surface area contributed by atoms with Gasteiger partial charge in [-0.1, -0.05) is 0 Å². The summed E-state index contributed by atoms with van der Waals surface area (Å²) < 4.78 is 45.1. The van der Waals surface area contributed by atoms with E-state index in [0.29, 0.717) is 37.8 Å². The van der Waals surface area contributed by atoms with Gasteiger partial charge in [0.15, 0.2) is 0 Å². The number of hydrogen-bond acceptors (Lipinski definition) is 5. The lowest BCUT2D eigenvalue weighted by Crippen LogP contribution is -2.40. The van der Waals surface area contributed by atoms with Crippen LogP contribution < -0.4 is 4.74 Å². The zero-order valence-corrected chi connectivity index (χ0v) is 15.3.